The standard InChI is InChI=1S/C23H19ClN4O2S/c1-28-12-11-25-21(28)20(15-7-9-17(24)10-8-15)27-22(29)16-4-2-5-18(14-16)26-23(30)19-6-3-13-31-19/h2-14,20H,1H3,(H,26,30)(H,27,29)/t20-/m1/s1. The van der Waals surface area contributed by atoms with Crippen molar-refractivity contribution >= 4 is 40.4 Å². The zero-order chi connectivity index (χ0) is 21.8. The Hall–Kier alpha value is -3.42. The number of thiophene rings is 1. The van der Waals surface area contributed by atoms with Gasteiger partial charge in [0.2, 0.25) is 0 Å². The quantitative estimate of drug-likeness (QED) is 0.438. The van der Waals surface area contributed by atoms with Crippen LogP contribution in [0.5, 0.6) is 0 Å². The minimum atomic E-state index is -0.464. The molecule has 0 aliphatic rings. The lowest BCUT2D eigenvalue weighted by Crippen LogP contribution is -2.31. The zero-order valence-corrected chi connectivity index (χ0v) is 18.2. The molecular formula is C23H19ClN4O2S. The van der Waals surface area contributed by atoms with Crippen LogP contribution in [-0.4, -0.2) is 21.4 Å². The number of aryl methyl sites for hydroxylation is 1. The van der Waals surface area contributed by atoms with Gasteiger partial charge in [-0.15, -0.1) is 11.3 Å². The maximum Gasteiger partial charge on any atom is 0.265 e. The molecule has 2 N–H and O–H groups in total. The summed E-state index contributed by atoms with van der Waals surface area (Å²) in [6.45, 7) is 0. The summed E-state index contributed by atoms with van der Waals surface area (Å²) < 4.78 is 1.86. The van der Waals surface area contributed by atoms with E-state index in [1.165, 1.54) is 11.3 Å². The van der Waals surface area contributed by atoms with Gasteiger partial charge in [-0.25, -0.2) is 4.98 Å². The Morgan fingerprint density at radius 1 is 1.06 bits per heavy atom. The van der Waals surface area contributed by atoms with Crippen molar-refractivity contribution in [1.29, 1.82) is 0 Å². The van der Waals surface area contributed by atoms with Crippen molar-refractivity contribution in [2.45, 2.75) is 6.04 Å². The number of carbonyl (C=O) groups excluding carboxylic acids is 2. The van der Waals surface area contributed by atoms with Crippen molar-refractivity contribution in [3.63, 3.8) is 0 Å². The van der Waals surface area contributed by atoms with E-state index < -0.39 is 6.04 Å². The second-order valence-electron chi connectivity index (χ2n) is 6.87. The molecule has 1 atom stereocenters. The van der Waals surface area contributed by atoms with E-state index in [4.69, 9.17) is 11.6 Å². The number of aromatic nitrogens is 2. The minimum absolute atomic E-state index is 0.209. The molecule has 2 aromatic heterocycles. The Morgan fingerprint density at radius 2 is 1.87 bits per heavy atom. The highest BCUT2D eigenvalue weighted by molar-refractivity contribution is 7.12. The number of hydrogen-bond donors (Lipinski definition) is 2. The summed E-state index contributed by atoms with van der Waals surface area (Å²) in [6.07, 6.45) is 3.51. The Labute approximate surface area is 188 Å². The molecule has 0 spiro atoms. The van der Waals surface area contributed by atoms with Crippen molar-refractivity contribution < 1.29 is 9.59 Å². The molecule has 2 aromatic carbocycles. The van der Waals surface area contributed by atoms with Crippen LogP contribution >= 0.6 is 22.9 Å². The Morgan fingerprint density at radius 3 is 2.55 bits per heavy atom. The van der Waals surface area contributed by atoms with E-state index in [0.717, 1.165) is 5.56 Å². The van der Waals surface area contributed by atoms with Gasteiger partial charge >= 0.3 is 0 Å². The minimum Gasteiger partial charge on any atom is -0.338 e. The molecule has 0 saturated heterocycles. The highest BCUT2D eigenvalue weighted by Gasteiger charge is 2.22. The molecule has 4 aromatic rings. The summed E-state index contributed by atoms with van der Waals surface area (Å²) in [5.74, 6) is 0.201. The molecule has 0 radical (unpaired) electrons. The Balaban J connectivity index is 1.57. The van der Waals surface area contributed by atoms with E-state index in [-0.39, 0.29) is 11.8 Å². The van der Waals surface area contributed by atoms with Gasteiger partial charge in [0.05, 0.1) is 4.88 Å². The van der Waals surface area contributed by atoms with Crippen molar-refractivity contribution in [3.8, 4) is 0 Å². The first kappa shape index (κ1) is 20.8. The fourth-order valence-corrected chi connectivity index (χ4v) is 3.91. The first-order chi connectivity index (χ1) is 15.0. The molecule has 0 aliphatic carbocycles. The lowest BCUT2D eigenvalue weighted by Gasteiger charge is -2.19. The van der Waals surface area contributed by atoms with Crippen molar-refractivity contribution in [1.82, 2.24) is 14.9 Å². The fraction of sp³-hybridized carbons (Fsp3) is 0.0870. The van der Waals surface area contributed by atoms with E-state index in [0.29, 0.717) is 27.0 Å². The summed E-state index contributed by atoms with van der Waals surface area (Å²) in [7, 11) is 1.87. The molecule has 2 amide bonds. The maximum absolute atomic E-state index is 13.1. The zero-order valence-electron chi connectivity index (χ0n) is 16.6. The number of halogens is 1. The highest BCUT2D eigenvalue weighted by Crippen LogP contribution is 2.23. The van der Waals surface area contributed by atoms with Crippen LogP contribution in [0.4, 0.5) is 5.69 Å². The van der Waals surface area contributed by atoms with E-state index in [9.17, 15) is 9.59 Å². The summed E-state index contributed by atoms with van der Waals surface area (Å²) >= 11 is 7.39. The van der Waals surface area contributed by atoms with Crippen LogP contribution in [-0.2, 0) is 7.05 Å². The summed E-state index contributed by atoms with van der Waals surface area (Å²) in [5.41, 5.74) is 1.83. The van der Waals surface area contributed by atoms with Gasteiger partial charge in [0, 0.05) is 35.7 Å². The Bertz CT molecular complexity index is 1200. The molecule has 2 heterocycles. The average molecular weight is 451 g/mol. The first-order valence-electron chi connectivity index (χ1n) is 9.50. The molecule has 0 bridgehead atoms. The summed E-state index contributed by atoms with van der Waals surface area (Å²) in [6, 6.07) is 17.2. The van der Waals surface area contributed by atoms with E-state index >= 15 is 0 Å². The molecule has 8 heteroatoms. The molecule has 4 rings (SSSR count). The van der Waals surface area contributed by atoms with Crippen molar-refractivity contribution in [2.24, 2.45) is 7.05 Å². The molecule has 31 heavy (non-hydrogen) atoms. The fourth-order valence-electron chi connectivity index (χ4n) is 3.16. The van der Waals surface area contributed by atoms with Gasteiger partial charge in [0.25, 0.3) is 11.8 Å². The van der Waals surface area contributed by atoms with Gasteiger partial charge < -0.3 is 15.2 Å². The van der Waals surface area contributed by atoms with Gasteiger partial charge in [-0.05, 0) is 47.3 Å². The predicted octanol–water partition coefficient (Wildman–Crippen LogP) is 4.91. The smallest absolute Gasteiger partial charge is 0.265 e. The molecule has 156 valence electrons. The van der Waals surface area contributed by atoms with Crippen LogP contribution in [0.1, 0.15) is 37.5 Å². The van der Waals surface area contributed by atoms with Crippen LogP contribution in [0.15, 0.2) is 78.4 Å². The SMILES string of the molecule is Cn1ccnc1[C@H](NC(=O)c1cccc(NC(=O)c2cccs2)c1)c1ccc(Cl)cc1. The van der Waals surface area contributed by atoms with Crippen LogP contribution in [0.2, 0.25) is 5.02 Å². The molecule has 6 nitrogen and oxygen atoms in total. The molecule has 0 saturated carbocycles. The summed E-state index contributed by atoms with van der Waals surface area (Å²) in [4.78, 5) is 30.4. The van der Waals surface area contributed by atoms with E-state index in [1.54, 1.807) is 48.7 Å². The number of hydrogen-bond acceptors (Lipinski definition) is 4. The number of benzene rings is 2. The van der Waals surface area contributed by atoms with Gasteiger partial charge in [0.1, 0.15) is 11.9 Å². The third-order valence-electron chi connectivity index (χ3n) is 4.72. The van der Waals surface area contributed by atoms with Crippen LogP contribution in [0.3, 0.4) is 0 Å². The number of nitrogens with one attached hydrogen (secondary N) is 2. The number of carbonyl (C=O) groups is 2. The summed E-state index contributed by atoms with van der Waals surface area (Å²) in [5, 5.41) is 8.33. The van der Waals surface area contributed by atoms with E-state index in [1.807, 2.05) is 41.4 Å². The molecule has 0 unspecified atom stereocenters. The lowest BCUT2D eigenvalue weighted by molar-refractivity contribution is 0.0940. The van der Waals surface area contributed by atoms with Crippen LogP contribution in [0, 0.1) is 0 Å². The van der Waals surface area contributed by atoms with E-state index in [2.05, 4.69) is 15.6 Å². The number of imidazole rings is 1. The molecule has 0 fully saturated rings. The number of amides is 2. The van der Waals surface area contributed by atoms with Gasteiger partial charge in [-0.3, -0.25) is 9.59 Å². The number of nitrogens with zero attached hydrogens (tertiary/aromatic N) is 2. The van der Waals surface area contributed by atoms with Crippen LogP contribution in [0.25, 0.3) is 0 Å². The second-order valence-corrected chi connectivity index (χ2v) is 8.25. The molecule has 0 aliphatic heterocycles. The third kappa shape index (κ3) is 4.84. The average Bonchev–Trinajstić information content (AvgIpc) is 3.45. The Kier molecular flexibility index (Phi) is 6.16. The first-order valence-corrected chi connectivity index (χ1v) is 10.8. The van der Waals surface area contributed by atoms with Crippen LogP contribution < -0.4 is 10.6 Å². The monoisotopic (exact) mass is 450 g/mol. The topological polar surface area (TPSA) is 76.0 Å². The predicted molar refractivity (Wildman–Crippen MR) is 123 cm³/mol. The van der Waals surface area contributed by atoms with Crippen molar-refractivity contribution in [3.05, 3.63) is 105 Å². The molecular weight excluding hydrogens is 432 g/mol. The largest absolute Gasteiger partial charge is 0.338 e. The van der Waals surface area contributed by atoms with Crippen molar-refractivity contribution in [2.75, 3.05) is 5.32 Å². The normalized spacial score (nSPS) is 11.7. The van der Waals surface area contributed by atoms with Gasteiger partial charge in [0.15, 0.2) is 0 Å². The number of anilines is 1. The third-order valence-corrected chi connectivity index (χ3v) is 5.84. The lowest BCUT2D eigenvalue weighted by atomic mass is 10.1. The maximum atomic E-state index is 13.1. The second kappa shape index (κ2) is 9.16. The van der Waals surface area contributed by atoms with Gasteiger partial charge in [-0.1, -0.05) is 35.9 Å². The van der Waals surface area contributed by atoms with Gasteiger partial charge in [-0.2, -0.15) is 0 Å². The highest BCUT2D eigenvalue weighted by atomic mass is 35.5. The number of rotatable bonds is 6.